The standard InChI is InChI=1S/C20H14FN3O3S.CH2O2/c1-28(26,27)17-6-4-16(5-7-17)24-20(25)14-9-13(10-15(21)11-14)18-3-2-8-23-19(18)12-22;2-1-3/h2-11H,1H3,(H,24,25);1H,(H,2,3). The first-order valence-electron chi connectivity index (χ1n) is 8.55. The van der Waals surface area contributed by atoms with Crippen molar-refractivity contribution in [2.75, 3.05) is 11.6 Å². The average molecular weight is 441 g/mol. The lowest BCUT2D eigenvalue weighted by molar-refractivity contribution is -0.122. The van der Waals surface area contributed by atoms with Crippen molar-refractivity contribution in [1.29, 1.82) is 5.26 Å². The second-order valence-electron chi connectivity index (χ2n) is 6.10. The number of hydrogen-bond donors (Lipinski definition) is 2. The van der Waals surface area contributed by atoms with Gasteiger partial charge in [-0.1, -0.05) is 0 Å². The Balaban J connectivity index is 0.00000107. The zero-order valence-electron chi connectivity index (χ0n) is 16.1. The van der Waals surface area contributed by atoms with Gasteiger partial charge in [-0.15, -0.1) is 0 Å². The summed E-state index contributed by atoms with van der Waals surface area (Å²) in [5.74, 6) is -1.21. The van der Waals surface area contributed by atoms with Gasteiger partial charge in [0.2, 0.25) is 0 Å². The predicted molar refractivity (Wildman–Crippen MR) is 111 cm³/mol. The first-order chi connectivity index (χ1) is 14.7. The van der Waals surface area contributed by atoms with Gasteiger partial charge < -0.3 is 10.4 Å². The lowest BCUT2D eigenvalue weighted by Crippen LogP contribution is -2.12. The van der Waals surface area contributed by atoms with Gasteiger partial charge in [0.25, 0.3) is 12.4 Å². The van der Waals surface area contributed by atoms with E-state index in [4.69, 9.17) is 9.90 Å². The first-order valence-corrected chi connectivity index (χ1v) is 10.4. The number of amides is 1. The summed E-state index contributed by atoms with van der Waals surface area (Å²) in [5.41, 5.74) is 1.30. The molecule has 0 aliphatic carbocycles. The van der Waals surface area contributed by atoms with E-state index >= 15 is 0 Å². The quantitative estimate of drug-likeness (QED) is 0.593. The number of carbonyl (C=O) groups is 2. The molecule has 10 heteroatoms. The minimum atomic E-state index is -3.34. The minimum Gasteiger partial charge on any atom is -0.483 e. The Bertz CT molecular complexity index is 1250. The van der Waals surface area contributed by atoms with Gasteiger partial charge in [-0.3, -0.25) is 9.59 Å². The molecule has 0 aliphatic rings. The fourth-order valence-electron chi connectivity index (χ4n) is 2.59. The largest absolute Gasteiger partial charge is 0.483 e. The van der Waals surface area contributed by atoms with Crippen LogP contribution < -0.4 is 5.32 Å². The van der Waals surface area contributed by atoms with Crippen LogP contribution in [0, 0.1) is 17.1 Å². The van der Waals surface area contributed by atoms with E-state index in [9.17, 15) is 22.9 Å². The number of nitriles is 1. The maximum Gasteiger partial charge on any atom is 0.290 e. The van der Waals surface area contributed by atoms with Crippen molar-refractivity contribution in [3.8, 4) is 17.2 Å². The maximum atomic E-state index is 14.1. The molecule has 1 amide bonds. The first kappa shape index (κ1) is 23.2. The number of pyridine rings is 1. The minimum absolute atomic E-state index is 0.0509. The molecule has 3 rings (SSSR count). The molecule has 0 unspecified atom stereocenters. The van der Waals surface area contributed by atoms with Gasteiger partial charge in [0.05, 0.1) is 4.90 Å². The number of carboxylic acid groups (broad SMARTS) is 1. The van der Waals surface area contributed by atoms with E-state index in [0.29, 0.717) is 16.8 Å². The third kappa shape index (κ3) is 6.19. The molecule has 8 nitrogen and oxygen atoms in total. The number of sulfone groups is 1. The van der Waals surface area contributed by atoms with E-state index in [2.05, 4.69) is 10.3 Å². The Morgan fingerprint density at radius 2 is 1.84 bits per heavy atom. The van der Waals surface area contributed by atoms with E-state index in [1.807, 2.05) is 6.07 Å². The molecule has 0 saturated heterocycles. The summed E-state index contributed by atoms with van der Waals surface area (Å²) in [4.78, 5) is 24.9. The van der Waals surface area contributed by atoms with Crippen LogP contribution in [0.15, 0.2) is 65.7 Å². The van der Waals surface area contributed by atoms with Crippen molar-refractivity contribution >= 4 is 27.9 Å². The van der Waals surface area contributed by atoms with E-state index in [1.165, 1.54) is 42.6 Å². The van der Waals surface area contributed by atoms with Crippen molar-refractivity contribution in [2.24, 2.45) is 0 Å². The molecule has 0 saturated carbocycles. The van der Waals surface area contributed by atoms with Crippen molar-refractivity contribution in [1.82, 2.24) is 4.98 Å². The van der Waals surface area contributed by atoms with Crippen LogP contribution in [0.25, 0.3) is 11.1 Å². The van der Waals surface area contributed by atoms with Gasteiger partial charge in [-0.25, -0.2) is 17.8 Å². The monoisotopic (exact) mass is 441 g/mol. The highest BCUT2D eigenvalue weighted by atomic mass is 32.2. The Morgan fingerprint density at radius 1 is 1.19 bits per heavy atom. The molecule has 0 bridgehead atoms. The summed E-state index contributed by atoms with van der Waals surface area (Å²) in [6.45, 7) is -0.250. The summed E-state index contributed by atoms with van der Waals surface area (Å²) in [5, 5.41) is 18.7. The lowest BCUT2D eigenvalue weighted by Gasteiger charge is -2.09. The zero-order valence-corrected chi connectivity index (χ0v) is 16.9. The summed E-state index contributed by atoms with van der Waals surface area (Å²) in [6.07, 6.45) is 2.54. The van der Waals surface area contributed by atoms with Crippen LogP contribution in [0.3, 0.4) is 0 Å². The number of anilines is 1. The number of hydrogen-bond acceptors (Lipinski definition) is 6. The number of nitrogens with zero attached hydrogens (tertiary/aromatic N) is 2. The fraction of sp³-hybridized carbons (Fsp3) is 0.0476. The molecule has 0 fully saturated rings. The molecule has 0 radical (unpaired) electrons. The molecule has 3 aromatic rings. The zero-order chi connectivity index (χ0) is 23.0. The third-order valence-electron chi connectivity index (χ3n) is 3.92. The molecule has 2 aromatic carbocycles. The van der Waals surface area contributed by atoms with E-state index in [1.54, 1.807) is 12.1 Å². The van der Waals surface area contributed by atoms with Crippen LogP contribution in [-0.4, -0.2) is 37.1 Å². The highest BCUT2D eigenvalue weighted by molar-refractivity contribution is 7.90. The Labute approximate surface area is 177 Å². The van der Waals surface area contributed by atoms with E-state index < -0.39 is 21.6 Å². The summed E-state index contributed by atoms with van der Waals surface area (Å²) in [6, 6.07) is 14.6. The molecule has 2 N–H and O–H groups in total. The molecule has 1 aromatic heterocycles. The summed E-state index contributed by atoms with van der Waals surface area (Å²) >= 11 is 0. The van der Waals surface area contributed by atoms with Gasteiger partial charge in [0.15, 0.2) is 9.84 Å². The van der Waals surface area contributed by atoms with Gasteiger partial charge >= 0.3 is 0 Å². The Morgan fingerprint density at radius 3 is 2.42 bits per heavy atom. The Kier molecular flexibility index (Phi) is 7.54. The summed E-state index contributed by atoms with van der Waals surface area (Å²) < 4.78 is 37.1. The van der Waals surface area contributed by atoms with Gasteiger partial charge in [-0.05, 0) is 60.2 Å². The number of benzene rings is 2. The molecule has 1 heterocycles. The van der Waals surface area contributed by atoms with Crippen LogP contribution in [0.5, 0.6) is 0 Å². The number of nitrogens with one attached hydrogen (secondary N) is 1. The number of halogens is 1. The van der Waals surface area contributed by atoms with Crippen LogP contribution in [0.1, 0.15) is 16.1 Å². The molecule has 31 heavy (non-hydrogen) atoms. The number of aromatic nitrogens is 1. The molecule has 158 valence electrons. The van der Waals surface area contributed by atoms with Crippen LogP contribution in [-0.2, 0) is 14.6 Å². The Hall–Kier alpha value is -4.10. The van der Waals surface area contributed by atoms with Crippen LogP contribution in [0.2, 0.25) is 0 Å². The normalized spacial score (nSPS) is 10.2. The molecular formula is C21H16FN3O5S. The molecule has 0 aliphatic heterocycles. The topological polar surface area (TPSA) is 137 Å². The number of carbonyl (C=O) groups excluding carboxylic acids is 1. The fourth-order valence-corrected chi connectivity index (χ4v) is 3.22. The molecular weight excluding hydrogens is 425 g/mol. The van der Waals surface area contributed by atoms with Crippen LogP contribution in [0.4, 0.5) is 10.1 Å². The van der Waals surface area contributed by atoms with Gasteiger partial charge in [-0.2, -0.15) is 5.26 Å². The van der Waals surface area contributed by atoms with Crippen molar-refractivity contribution in [2.45, 2.75) is 4.90 Å². The second-order valence-corrected chi connectivity index (χ2v) is 8.11. The predicted octanol–water partition coefficient (Wildman–Crippen LogP) is 3.12. The van der Waals surface area contributed by atoms with Crippen molar-refractivity contribution in [3.05, 3.63) is 77.9 Å². The lowest BCUT2D eigenvalue weighted by atomic mass is 10.0. The van der Waals surface area contributed by atoms with Crippen molar-refractivity contribution < 1.29 is 27.5 Å². The highest BCUT2D eigenvalue weighted by Gasteiger charge is 2.13. The summed E-state index contributed by atoms with van der Waals surface area (Å²) in [7, 11) is -3.34. The van der Waals surface area contributed by atoms with Crippen LogP contribution >= 0.6 is 0 Å². The number of rotatable bonds is 4. The molecule has 0 atom stereocenters. The average Bonchev–Trinajstić information content (AvgIpc) is 2.73. The third-order valence-corrected chi connectivity index (χ3v) is 5.05. The molecule has 0 spiro atoms. The SMILES string of the molecule is CS(=O)(=O)c1ccc(NC(=O)c2cc(F)cc(-c3cccnc3C#N)c2)cc1.O=CO. The van der Waals surface area contributed by atoms with Gasteiger partial charge in [0.1, 0.15) is 17.6 Å². The smallest absolute Gasteiger partial charge is 0.290 e. The second kappa shape index (κ2) is 10.1. The highest BCUT2D eigenvalue weighted by Crippen LogP contribution is 2.25. The van der Waals surface area contributed by atoms with Crippen molar-refractivity contribution in [3.63, 3.8) is 0 Å². The maximum absolute atomic E-state index is 14.1. The van der Waals surface area contributed by atoms with E-state index in [-0.39, 0.29) is 22.6 Å². The van der Waals surface area contributed by atoms with Gasteiger partial charge in [0, 0.05) is 29.3 Å². The van der Waals surface area contributed by atoms with E-state index in [0.717, 1.165) is 12.3 Å².